The maximum Gasteiger partial charge on any atom is 0.255 e. The van der Waals surface area contributed by atoms with Gasteiger partial charge in [0.2, 0.25) is 5.88 Å². The van der Waals surface area contributed by atoms with Crippen LogP contribution >= 0.6 is 50.3 Å². The SMILES string of the molecule is COc1cc(Cc2cnc(C)nc2N)c(C(C)C)cn1.CSc1cc(Cc2cnc(C)nc2N)c(C(C)C)cn1.Cc1ncc(Cc2cc(Br)ncc2C(C)C)c(N)n1.Cc1ncc(Cc2cc(I)ncc2C(C)C)c(N)n1.Cc1ncc(Cc2cc(S(C)(=O)=O)ncc2C(C)C)c(N)n1.Cc1ncc(Cc2cc(S(N)(=O)=O)ncc2C(C)C)c(N)n1. The van der Waals surface area contributed by atoms with Crippen LogP contribution in [0, 0.1) is 45.2 Å². The van der Waals surface area contributed by atoms with Crippen LogP contribution < -0.4 is 44.3 Å². The number of anilines is 6. The average Bonchev–Trinajstić information content (AvgIpc) is 0.846. The number of hydrogen-bond donors (Lipinski definition) is 7. The van der Waals surface area contributed by atoms with Crippen molar-refractivity contribution < 1.29 is 21.6 Å². The Balaban J connectivity index is 0.000000202. The average molecular weight is 1890 g/mol. The number of nitrogens with zero attached hydrogens (tertiary/aromatic N) is 18. The summed E-state index contributed by atoms with van der Waals surface area (Å²) in [7, 11) is -5.59. The molecule has 0 saturated heterocycles. The first-order valence-electron chi connectivity index (χ1n) is 39.3. The van der Waals surface area contributed by atoms with Crippen molar-refractivity contribution in [1.82, 2.24) is 89.7 Å². The molecule has 0 aliphatic heterocycles. The normalized spacial score (nSPS) is 11.3. The van der Waals surface area contributed by atoms with Crippen LogP contribution in [0.2, 0.25) is 0 Å². The lowest BCUT2D eigenvalue weighted by atomic mass is 9.95. The summed E-state index contributed by atoms with van der Waals surface area (Å²) in [5.74, 6) is 9.69. The zero-order valence-electron chi connectivity index (χ0n) is 73.2. The fraction of sp³-hybridized carbons (Fsp3) is 0.379. The zero-order valence-corrected chi connectivity index (χ0v) is 79.4. The number of aryl methyl sites for hydroxylation is 6. The van der Waals surface area contributed by atoms with Gasteiger partial charge in [0.15, 0.2) is 19.9 Å². The minimum absolute atomic E-state index is 0.0681. The fourth-order valence-electron chi connectivity index (χ4n) is 12.6. The van der Waals surface area contributed by atoms with Crippen LogP contribution in [0.1, 0.15) is 254 Å². The molecular formula is C87H113BrIN25O5S3. The van der Waals surface area contributed by atoms with Gasteiger partial charge in [0, 0.05) is 159 Å². The molecule has 12 heterocycles. The van der Waals surface area contributed by atoms with Crippen LogP contribution in [-0.4, -0.2) is 126 Å². The highest BCUT2D eigenvalue weighted by Crippen LogP contribution is 2.32. The molecule has 0 bridgehead atoms. The quantitative estimate of drug-likeness (QED) is 0.0188. The Morgan fingerprint density at radius 2 is 0.598 bits per heavy atom. The Bertz CT molecular complexity index is 5500. The maximum atomic E-state index is 11.7. The van der Waals surface area contributed by atoms with Crippen LogP contribution in [0.15, 0.2) is 130 Å². The molecule has 0 saturated carbocycles. The van der Waals surface area contributed by atoms with E-state index in [0.29, 0.717) is 119 Å². The number of nitrogen functional groups attached to an aromatic ring is 6. The molecule has 0 atom stereocenters. The van der Waals surface area contributed by atoms with Gasteiger partial charge >= 0.3 is 0 Å². The van der Waals surface area contributed by atoms with E-state index < -0.39 is 19.9 Å². The molecule has 12 aromatic heterocycles. The van der Waals surface area contributed by atoms with E-state index in [1.165, 1.54) is 45.0 Å². The summed E-state index contributed by atoms with van der Waals surface area (Å²) in [6, 6.07) is 11.3. The molecule has 12 rings (SSSR count). The third kappa shape index (κ3) is 29.3. The molecule has 122 heavy (non-hydrogen) atoms. The number of hydrogen-bond acceptors (Lipinski definition) is 30. The number of nitrogens with two attached hydrogens (primary N) is 7. The predicted octanol–water partition coefficient (Wildman–Crippen LogP) is 15.0. The first kappa shape index (κ1) is 98.5. The number of halogens is 2. The molecule has 648 valence electrons. The summed E-state index contributed by atoms with van der Waals surface area (Å²) >= 11 is 7.29. The number of methoxy groups -OCH3 is 1. The van der Waals surface area contributed by atoms with E-state index in [2.05, 4.69) is 196 Å². The number of pyridine rings is 6. The van der Waals surface area contributed by atoms with Crippen LogP contribution in [0.3, 0.4) is 0 Å². The number of primary sulfonamides is 1. The first-order valence-corrected chi connectivity index (χ1v) is 45.9. The smallest absolute Gasteiger partial charge is 0.255 e. The van der Waals surface area contributed by atoms with E-state index in [1.807, 2.05) is 111 Å². The van der Waals surface area contributed by atoms with E-state index >= 15 is 0 Å². The lowest BCUT2D eigenvalue weighted by Gasteiger charge is -2.14. The summed E-state index contributed by atoms with van der Waals surface area (Å²) in [6.07, 6.45) is 28.4. The first-order chi connectivity index (χ1) is 57.3. The Hall–Kier alpha value is -10.6. The zero-order chi connectivity index (χ0) is 90.4. The molecule has 0 spiro atoms. The van der Waals surface area contributed by atoms with Crippen molar-refractivity contribution in [2.45, 2.75) is 214 Å². The standard InChI is InChI=1S/C15H20N4O2S.C15H20N4O.C15H20N4S.C14H17BrN4.C14H17IN4.C14H19N5O2S/c1-9(2)13-8-18-14(22(4,20)21)6-11(13)5-12-7-17-10(3)19-15(12)16;2*1-9(2)13-8-18-14(20-4)6-11(13)5-12-7-17-10(3)19-15(12)16;2*1-8(2)12-7-18-13(15)5-10(12)4-11-6-17-9(3)19-14(11)16;1-8(2)12-7-18-13(22(16,20)21)5-10(12)4-11-6-17-9(3)19-14(11)15/h6-9H,5H2,1-4H3,(H2,16,17,19);2*6-9H,5H2,1-4H3,(H2,16,17,19);2*5-8H,4H2,1-3H3,(H2,16,17,19);5-8H,4H2,1-3H3,(H2,15,17,19)(H2,16,20,21). The van der Waals surface area contributed by atoms with E-state index in [-0.39, 0.29) is 21.9 Å². The molecule has 0 aromatic carbocycles. The lowest BCUT2D eigenvalue weighted by Crippen LogP contribution is -2.15. The molecule has 0 amide bonds. The highest BCUT2D eigenvalue weighted by molar-refractivity contribution is 14.1. The second-order valence-corrected chi connectivity index (χ2v) is 37.2. The van der Waals surface area contributed by atoms with E-state index in [0.717, 1.165) is 100 Å². The summed E-state index contributed by atoms with van der Waals surface area (Å²) in [5.41, 5.74) is 54.4. The molecule has 0 unspecified atom stereocenters. The lowest BCUT2D eigenvalue weighted by molar-refractivity contribution is 0.397. The van der Waals surface area contributed by atoms with Gasteiger partial charge in [0.1, 0.15) is 78.2 Å². The Kier molecular flexibility index (Phi) is 36.3. The van der Waals surface area contributed by atoms with Gasteiger partial charge in [-0.1, -0.05) is 83.1 Å². The number of aromatic nitrogens is 18. The molecule has 0 fully saturated rings. The van der Waals surface area contributed by atoms with Crippen molar-refractivity contribution in [3.63, 3.8) is 0 Å². The van der Waals surface area contributed by atoms with Gasteiger partial charge in [-0.25, -0.2) is 107 Å². The van der Waals surface area contributed by atoms with Crippen molar-refractivity contribution in [3.05, 3.63) is 254 Å². The molecule has 0 aliphatic carbocycles. The van der Waals surface area contributed by atoms with Crippen molar-refractivity contribution in [3.8, 4) is 5.88 Å². The Labute approximate surface area is 743 Å². The van der Waals surface area contributed by atoms with Crippen LogP contribution in [0.5, 0.6) is 5.88 Å². The molecule has 0 aliphatic rings. The minimum Gasteiger partial charge on any atom is -0.481 e. The number of sulfone groups is 1. The second kappa shape index (κ2) is 45.0. The summed E-state index contributed by atoms with van der Waals surface area (Å²) in [4.78, 5) is 75.7. The monoisotopic (exact) mass is 1890 g/mol. The van der Waals surface area contributed by atoms with Crippen molar-refractivity contribution in [2.24, 2.45) is 5.14 Å². The van der Waals surface area contributed by atoms with Crippen LogP contribution in [0.25, 0.3) is 0 Å². The van der Waals surface area contributed by atoms with Crippen molar-refractivity contribution in [1.29, 1.82) is 0 Å². The largest absolute Gasteiger partial charge is 0.481 e. The summed E-state index contributed by atoms with van der Waals surface area (Å²) in [6.45, 7) is 36.2. The van der Waals surface area contributed by atoms with Gasteiger partial charge in [-0.05, 0) is 219 Å². The van der Waals surface area contributed by atoms with E-state index in [4.69, 9.17) is 44.3 Å². The van der Waals surface area contributed by atoms with E-state index in [9.17, 15) is 16.8 Å². The van der Waals surface area contributed by atoms with Crippen molar-refractivity contribution in [2.75, 3.05) is 54.0 Å². The van der Waals surface area contributed by atoms with Crippen LogP contribution in [0.4, 0.5) is 34.9 Å². The van der Waals surface area contributed by atoms with Gasteiger partial charge < -0.3 is 39.1 Å². The highest BCUT2D eigenvalue weighted by atomic mass is 127. The van der Waals surface area contributed by atoms with Crippen molar-refractivity contribution >= 4 is 105 Å². The van der Waals surface area contributed by atoms with Gasteiger partial charge in [0.05, 0.1) is 12.1 Å². The Morgan fingerprint density at radius 3 is 0.885 bits per heavy atom. The summed E-state index contributed by atoms with van der Waals surface area (Å²) < 4.78 is 53.5. The van der Waals surface area contributed by atoms with Gasteiger partial charge in [-0.3, -0.25) is 4.98 Å². The molecule has 14 N–H and O–H groups in total. The molecular weight excluding hydrogens is 1780 g/mol. The third-order valence-corrected chi connectivity index (χ3v) is 22.7. The molecule has 35 heteroatoms. The van der Waals surface area contributed by atoms with Gasteiger partial charge in [0.25, 0.3) is 10.0 Å². The van der Waals surface area contributed by atoms with Gasteiger partial charge in [-0.15, -0.1) is 11.8 Å². The third-order valence-electron chi connectivity index (χ3n) is 19.2. The second-order valence-electron chi connectivity index (χ2n) is 31.0. The number of thioether (sulfide) groups is 1. The number of sulfonamides is 1. The maximum absolute atomic E-state index is 11.7. The highest BCUT2D eigenvalue weighted by Gasteiger charge is 2.22. The minimum atomic E-state index is -3.85. The fourth-order valence-corrected chi connectivity index (χ4v) is 15.1. The summed E-state index contributed by atoms with van der Waals surface area (Å²) in [5, 5.41) is 6.09. The molecule has 0 radical (unpaired) electrons. The Morgan fingerprint density at radius 1 is 0.344 bits per heavy atom. The predicted molar refractivity (Wildman–Crippen MR) is 497 cm³/mol. The number of rotatable bonds is 22. The topological polar surface area (TPSA) is 492 Å². The van der Waals surface area contributed by atoms with E-state index in [1.54, 1.807) is 76.0 Å². The van der Waals surface area contributed by atoms with Gasteiger partial charge in [-0.2, -0.15) is 0 Å². The molecule has 30 nitrogen and oxygen atoms in total. The number of ether oxygens (including phenoxy) is 1. The van der Waals surface area contributed by atoms with Crippen LogP contribution in [-0.2, 0) is 58.4 Å². The molecule has 12 aromatic rings.